The SMILES string of the molecule is COC(C(=O)NCCc1ccc(Cl)cc1)[C@H](N)CC1CCCCC1. The summed E-state index contributed by atoms with van der Waals surface area (Å²) in [6, 6.07) is 7.41. The van der Waals surface area contributed by atoms with Crippen molar-refractivity contribution in [1.82, 2.24) is 5.32 Å². The standard InChI is InChI=1S/C19H29ClN2O2/c1-24-18(17(21)13-15-5-3-2-4-6-15)19(23)22-12-11-14-7-9-16(20)10-8-14/h7-10,15,17-18H,2-6,11-13,21H2,1H3,(H,22,23)/t17-,18?/m1/s1. The van der Waals surface area contributed by atoms with E-state index in [1.165, 1.54) is 32.1 Å². The van der Waals surface area contributed by atoms with Crippen LogP contribution < -0.4 is 11.1 Å². The van der Waals surface area contributed by atoms with E-state index in [0.29, 0.717) is 12.5 Å². The van der Waals surface area contributed by atoms with Gasteiger partial charge in [-0.05, 0) is 36.5 Å². The Morgan fingerprint density at radius 1 is 1.29 bits per heavy atom. The van der Waals surface area contributed by atoms with Gasteiger partial charge in [0.25, 0.3) is 5.91 Å². The van der Waals surface area contributed by atoms with E-state index in [0.717, 1.165) is 23.4 Å². The maximum Gasteiger partial charge on any atom is 0.250 e. The van der Waals surface area contributed by atoms with Crippen LogP contribution >= 0.6 is 11.6 Å². The number of hydrogen-bond donors (Lipinski definition) is 2. The molecule has 134 valence electrons. The molecule has 0 aromatic heterocycles. The highest BCUT2D eigenvalue weighted by Gasteiger charge is 2.28. The molecule has 2 rings (SSSR count). The average Bonchev–Trinajstić information content (AvgIpc) is 2.58. The first kappa shape index (κ1) is 19.2. The monoisotopic (exact) mass is 352 g/mol. The van der Waals surface area contributed by atoms with Crippen LogP contribution in [-0.2, 0) is 16.0 Å². The molecule has 3 N–H and O–H groups in total. The summed E-state index contributed by atoms with van der Waals surface area (Å²) in [4.78, 5) is 12.4. The van der Waals surface area contributed by atoms with Crippen molar-refractivity contribution in [2.24, 2.45) is 11.7 Å². The van der Waals surface area contributed by atoms with Crippen LogP contribution in [0, 0.1) is 5.92 Å². The number of carbonyl (C=O) groups excluding carboxylic acids is 1. The van der Waals surface area contributed by atoms with E-state index in [1.54, 1.807) is 7.11 Å². The van der Waals surface area contributed by atoms with Gasteiger partial charge in [-0.3, -0.25) is 4.79 Å². The molecule has 1 aromatic carbocycles. The molecule has 2 atom stereocenters. The lowest BCUT2D eigenvalue weighted by Gasteiger charge is -2.28. The fourth-order valence-corrected chi connectivity index (χ4v) is 3.62. The predicted molar refractivity (Wildman–Crippen MR) is 98.1 cm³/mol. The van der Waals surface area contributed by atoms with Crippen LogP contribution in [0.3, 0.4) is 0 Å². The number of nitrogens with one attached hydrogen (secondary N) is 1. The van der Waals surface area contributed by atoms with E-state index in [4.69, 9.17) is 22.1 Å². The number of halogens is 1. The van der Waals surface area contributed by atoms with Crippen LogP contribution in [0.5, 0.6) is 0 Å². The molecule has 24 heavy (non-hydrogen) atoms. The molecule has 0 bridgehead atoms. The van der Waals surface area contributed by atoms with Crippen LogP contribution in [0.25, 0.3) is 0 Å². The van der Waals surface area contributed by atoms with Gasteiger partial charge in [0.2, 0.25) is 0 Å². The normalized spacial score (nSPS) is 18.1. The molecule has 0 radical (unpaired) electrons. The van der Waals surface area contributed by atoms with E-state index in [1.807, 2.05) is 24.3 Å². The van der Waals surface area contributed by atoms with Crippen LogP contribution in [0.1, 0.15) is 44.1 Å². The first-order chi connectivity index (χ1) is 11.6. The van der Waals surface area contributed by atoms with Gasteiger partial charge in [0.15, 0.2) is 6.10 Å². The predicted octanol–water partition coefficient (Wildman–Crippen LogP) is 3.31. The minimum absolute atomic E-state index is 0.116. The number of amides is 1. The molecule has 1 aliphatic carbocycles. The van der Waals surface area contributed by atoms with Gasteiger partial charge in [-0.25, -0.2) is 0 Å². The second kappa shape index (κ2) is 10.0. The summed E-state index contributed by atoms with van der Waals surface area (Å²) in [5.74, 6) is 0.517. The number of methoxy groups -OCH3 is 1. The van der Waals surface area contributed by atoms with Gasteiger partial charge in [-0.15, -0.1) is 0 Å². The van der Waals surface area contributed by atoms with Crippen LogP contribution in [0.4, 0.5) is 0 Å². The molecule has 1 amide bonds. The van der Waals surface area contributed by atoms with E-state index in [9.17, 15) is 4.79 Å². The first-order valence-corrected chi connectivity index (χ1v) is 9.28. The van der Waals surface area contributed by atoms with Crippen molar-refractivity contribution in [3.05, 3.63) is 34.9 Å². The van der Waals surface area contributed by atoms with Gasteiger partial charge in [0, 0.05) is 24.7 Å². The van der Waals surface area contributed by atoms with E-state index < -0.39 is 6.10 Å². The Hall–Kier alpha value is -1.10. The zero-order valence-electron chi connectivity index (χ0n) is 14.5. The quantitative estimate of drug-likeness (QED) is 0.754. The molecule has 0 heterocycles. The van der Waals surface area contributed by atoms with E-state index >= 15 is 0 Å². The zero-order valence-corrected chi connectivity index (χ0v) is 15.2. The fraction of sp³-hybridized carbons (Fsp3) is 0.632. The van der Waals surface area contributed by atoms with Gasteiger partial charge in [-0.2, -0.15) is 0 Å². The summed E-state index contributed by atoms with van der Waals surface area (Å²) in [6.45, 7) is 0.566. The molecule has 0 aliphatic heterocycles. The van der Waals surface area contributed by atoms with Gasteiger partial charge in [-0.1, -0.05) is 55.8 Å². The number of rotatable bonds is 8. The van der Waals surface area contributed by atoms with Crippen molar-refractivity contribution >= 4 is 17.5 Å². The van der Waals surface area contributed by atoms with Crippen molar-refractivity contribution in [2.75, 3.05) is 13.7 Å². The van der Waals surface area contributed by atoms with Crippen LogP contribution in [0.2, 0.25) is 5.02 Å². The summed E-state index contributed by atoms with van der Waals surface area (Å²) in [5, 5.41) is 3.66. The molecule has 4 nitrogen and oxygen atoms in total. The summed E-state index contributed by atoms with van der Waals surface area (Å²) in [7, 11) is 1.56. The highest BCUT2D eigenvalue weighted by atomic mass is 35.5. The largest absolute Gasteiger partial charge is 0.370 e. The Labute approximate surface area is 150 Å². The van der Waals surface area contributed by atoms with E-state index in [-0.39, 0.29) is 11.9 Å². The maximum atomic E-state index is 12.4. The minimum atomic E-state index is -0.572. The Balaban J connectivity index is 1.76. The number of nitrogens with two attached hydrogens (primary N) is 1. The number of benzene rings is 1. The lowest BCUT2D eigenvalue weighted by atomic mass is 9.84. The third kappa shape index (κ3) is 6.08. The van der Waals surface area contributed by atoms with Crippen molar-refractivity contribution in [2.45, 2.75) is 57.1 Å². The van der Waals surface area contributed by atoms with Crippen molar-refractivity contribution in [1.29, 1.82) is 0 Å². The highest BCUT2D eigenvalue weighted by molar-refractivity contribution is 6.30. The molecule has 0 spiro atoms. The molecular formula is C19H29ClN2O2. The highest BCUT2D eigenvalue weighted by Crippen LogP contribution is 2.27. The second-order valence-corrected chi connectivity index (χ2v) is 7.16. The van der Waals surface area contributed by atoms with Crippen molar-refractivity contribution in [3.63, 3.8) is 0 Å². The smallest absolute Gasteiger partial charge is 0.250 e. The zero-order chi connectivity index (χ0) is 17.4. The summed E-state index contributed by atoms with van der Waals surface area (Å²) < 4.78 is 5.38. The number of carbonyl (C=O) groups is 1. The van der Waals surface area contributed by atoms with Crippen LogP contribution in [-0.4, -0.2) is 31.7 Å². The fourth-order valence-electron chi connectivity index (χ4n) is 3.49. The van der Waals surface area contributed by atoms with Crippen molar-refractivity contribution in [3.8, 4) is 0 Å². The number of ether oxygens (including phenoxy) is 1. The third-order valence-electron chi connectivity index (χ3n) is 4.86. The molecule has 1 fully saturated rings. The first-order valence-electron chi connectivity index (χ1n) is 8.90. The number of hydrogen-bond acceptors (Lipinski definition) is 3. The minimum Gasteiger partial charge on any atom is -0.370 e. The van der Waals surface area contributed by atoms with Gasteiger partial charge < -0.3 is 15.8 Å². The van der Waals surface area contributed by atoms with E-state index in [2.05, 4.69) is 5.32 Å². The summed E-state index contributed by atoms with van der Waals surface area (Å²) in [5.41, 5.74) is 7.40. The third-order valence-corrected chi connectivity index (χ3v) is 5.11. The summed E-state index contributed by atoms with van der Waals surface area (Å²) in [6.07, 6.45) is 7.39. The molecule has 1 unspecified atom stereocenters. The lowest BCUT2D eigenvalue weighted by Crippen LogP contribution is -2.48. The lowest BCUT2D eigenvalue weighted by molar-refractivity contribution is -0.132. The Morgan fingerprint density at radius 2 is 1.96 bits per heavy atom. The second-order valence-electron chi connectivity index (χ2n) is 6.73. The Morgan fingerprint density at radius 3 is 2.58 bits per heavy atom. The molecule has 0 saturated heterocycles. The topological polar surface area (TPSA) is 64.3 Å². The molecule has 1 saturated carbocycles. The molecule has 1 aromatic rings. The van der Waals surface area contributed by atoms with Crippen LogP contribution in [0.15, 0.2) is 24.3 Å². The van der Waals surface area contributed by atoms with Gasteiger partial charge in [0.1, 0.15) is 0 Å². The maximum absolute atomic E-state index is 12.4. The van der Waals surface area contributed by atoms with Gasteiger partial charge >= 0.3 is 0 Å². The molecular weight excluding hydrogens is 324 g/mol. The summed E-state index contributed by atoms with van der Waals surface area (Å²) >= 11 is 5.87. The Kier molecular flexibility index (Phi) is 8.03. The average molecular weight is 353 g/mol. The molecule has 1 aliphatic rings. The van der Waals surface area contributed by atoms with Gasteiger partial charge in [0.05, 0.1) is 0 Å². The van der Waals surface area contributed by atoms with Crippen molar-refractivity contribution < 1.29 is 9.53 Å². The molecule has 5 heteroatoms. The Bertz CT molecular complexity index is 501.